The highest BCUT2D eigenvalue weighted by atomic mass is 16.5. The molecule has 2 rings (SSSR count). The van der Waals surface area contributed by atoms with E-state index in [1.807, 2.05) is 0 Å². The molecule has 0 aliphatic heterocycles. The fraction of sp³-hybridized carbons (Fsp3) is 0.583. The molecule has 1 aromatic rings. The van der Waals surface area contributed by atoms with Gasteiger partial charge < -0.3 is 15.2 Å². The third kappa shape index (κ3) is 3.24. The highest BCUT2D eigenvalue weighted by Gasteiger charge is 2.34. The van der Waals surface area contributed by atoms with Gasteiger partial charge in [0.1, 0.15) is 0 Å². The molecule has 1 aliphatic rings. The maximum absolute atomic E-state index is 12.0. The number of nitrogens with zero attached hydrogens (tertiary/aromatic N) is 2. The molecule has 0 radical (unpaired) electrons. The predicted octanol–water partition coefficient (Wildman–Crippen LogP) is 0.412. The van der Waals surface area contributed by atoms with E-state index in [-0.39, 0.29) is 30.0 Å². The van der Waals surface area contributed by atoms with Crippen molar-refractivity contribution in [2.45, 2.75) is 25.3 Å². The number of carboxylic acid groups (broad SMARTS) is 1. The molecule has 0 aromatic carbocycles. The van der Waals surface area contributed by atoms with E-state index in [1.165, 1.54) is 17.9 Å². The molecule has 1 heterocycles. The molecular weight excluding hydrogens is 250 g/mol. The van der Waals surface area contributed by atoms with Crippen LogP contribution in [0.25, 0.3) is 0 Å². The van der Waals surface area contributed by atoms with E-state index in [2.05, 4.69) is 10.4 Å². The van der Waals surface area contributed by atoms with Crippen molar-refractivity contribution in [3.05, 3.63) is 11.8 Å². The van der Waals surface area contributed by atoms with Crippen LogP contribution < -0.4 is 10.1 Å². The minimum Gasteiger partial charge on any atom is -0.481 e. The van der Waals surface area contributed by atoms with Crippen LogP contribution in [0.4, 0.5) is 0 Å². The minimum absolute atomic E-state index is 0.0552. The number of amides is 1. The molecule has 1 saturated carbocycles. The van der Waals surface area contributed by atoms with Crippen LogP contribution in [-0.4, -0.2) is 39.9 Å². The number of carbonyl (C=O) groups is 2. The second-order valence-electron chi connectivity index (χ2n) is 4.71. The van der Waals surface area contributed by atoms with Gasteiger partial charge in [-0.05, 0) is 18.8 Å². The van der Waals surface area contributed by atoms with E-state index < -0.39 is 5.97 Å². The van der Waals surface area contributed by atoms with E-state index >= 15 is 0 Å². The quantitative estimate of drug-likeness (QED) is 0.778. The van der Waals surface area contributed by atoms with Gasteiger partial charge in [-0.15, -0.1) is 0 Å². The zero-order chi connectivity index (χ0) is 14.0. The molecule has 0 spiro atoms. The Morgan fingerprint density at radius 1 is 1.63 bits per heavy atom. The Hall–Kier alpha value is -2.05. The average molecular weight is 267 g/mol. The van der Waals surface area contributed by atoms with Crippen LogP contribution in [0.3, 0.4) is 0 Å². The van der Waals surface area contributed by atoms with Crippen molar-refractivity contribution in [3.63, 3.8) is 0 Å². The first kappa shape index (κ1) is 13.4. The number of aryl methyl sites for hydroxylation is 1. The van der Waals surface area contributed by atoms with Crippen molar-refractivity contribution >= 4 is 11.9 Å². The molecule has 0 bridgehead atoms. The second-order valence-corrected chi connectivity index (χ2v) is 4.71. The fourth-order valence-electron chi connectivity index (χ4n) is 2.02. The molecule has 1 unspecified atom stereocenters. The first-order valence-corrected chi connectivity index (χ1v) is 6.12. The van der Waals surface area contributed by atoms with Crippen LogP contribution in [0.5, 0.6) is 5.88 Å². The molecule has 104 valence electrons. The number of rotatable bonds is 6. The largest absolute Gasteiger partial charge is 0.481 e. The van der Waals surface area contributed by atoms with Crippen LogP contribution in [0.2, 0.25) is 0 Å². The summed E-state index contributed by atoms with van der Waals surface area (Å²) < 4.78 is 6.49. The Balaban J connectivity index is 2.03. The van der Waals surface area contributed by atoms with Crippen molar-refractivity contribution in [2.75, 3.05) is 7.11 Å². The molecular formula is C12H17N3O4. The summed E-state index contributed by atoms with van der Waals surface area (Å²) in [5.74, 6) is -0.523. The summed E-state index contributed by atoms with van der Waals surface area (Å²) >= 11 is 0. The number of ether oxygens (including phenoxy) is 1. The number of aliphatic carboxylic acids is 1. The Morgan fingerprint density at radius 2 is 2.32 bits per heavy atom. The van der Waals surface area contributed by atoms with E-state index in [4.69, 9.17) is 9.84 Å². The first-order chi connectivity index (χ1) is 9.01. The van der Waals surface area contributed by atoms with Gasteiger partial charge in [0.2, 0.25) is 5.88 Å². The van der Waals surface area contributed by atoms with Crippen LogP contribution in [-0.2, 0) is 11.8 Å². The number of carbonyl (C=O) groups excluding carboxylic acids is 1. The first-order valence-electron chi connectivity index (χ1n) is 6.12. The maximum atomic E-state index is 12.0. The lowest BCUT2D eigenvalue weighted by Crippen LogP contribution is -2.38. The highest BCUT2D eigenvalue weighted by Crippen LogP contribution is 2.34. The number of methoxy groups -OCH3 is 1. The molecule has 19 heavy (non-hydrogen) atoms. The maximum Gasteiger partial charge on any atom is 0.305 e. The Morgan fingerprint density at radius 3 is 2.79 bits per heavy atom. The Kier molecular flexibility index (Phi) is 3.73. The van der Waals surface area contributed by atoms with Gasteiger partial charge in [-0.2, -0.15) is 5.10 Å². The number of nitrogens with one attached hydrogen (secondary N) is 1. The normalized spacial score (nSPS) is 15.9. The molecule has 1 fully saturated rings. The molecule has 1 atom stereocenters. The molecule has 1 aliphatic carbocycles. The second kappa shape index (κ2) is 5.29. The lowest BCUT2D eigenvalue weighted by molar-refractivity contribution is -0.137. The standard InChI is InChI=1S/C12H17N3O4/c1-15-10(19-2)5-9(14-15)12(18)13-8(6-11(16)17)7-3-4-7/h5,7-8H,3-4,6H2,1-2H3,(H,13,18)(H,16,17). The van der Waals surface area contributed by atoms with Gasteiger partial charge in [-0.1, -0.05) is 0 Å². The molecule has 2 N–H and O–H groups in total. The summed E-state index contributed by atoms with van der Waals surface area (Å²) in [7, 11) is 3.17. The zero-order valence-corrected chi connectivity index (χ0v) is 10.9. The highest BCUT2D eigenvalue weighted by molar-refractivity contribution is 5.93. The monoisotopic (exact) mass is 267 g/mol. The molecule has 7 heteroatoms. The Labute approximate surface area is 110 Å². The zero-order valence-electron chi connectivity index (χ0n) is 10.9. The number of aromatic nitrogens is 2. The summed E-state index contributed by atoms with van der Waals surface area (Å²) in [5.41, 5.74) is 0.232. The topological polar surface area (TPSA) is 93.4 Å². The van der Waals surface area contributed by atoms with Crippen LogP contribution in [0.15, 0.2) is 6.07 Å². The summed E-state index contributed by atoms with van der Waals surface area (Å²) in [6.07, 6.45) is 1.87. The van der Waals surface area contributed by atoms with Crippen LogP contribution >= 0.6 is 0 Å². The van der Waals surface area contributed by atoms with E-state index in [9.17, 15) is 9.59 Å². The number of carboxylic acids is 1. The van der Waals surface area contributed by atoms with Crippen molar-refractivity contribution in [3.8, 4) is 5.88 Å². The van der Waals surface area contributed by atoms with Gasteiger partial charge in [-0.25, -0.2) is 4.68 Å². The van der Waals surface area contributed by atoms with Gasteiger partial charge in [0.15, 0.2) is 5.69 Å². The van der Waals surface area contributed by atoms with E-state index in [0.29, 0.717) is 5.88 Å². The molecule has 1 amide bonds. The van der Waals surface area contributed by atoms with E-state index in [1.54, 1.807) is 7.05 Å². The summed E-state index contributed by atoms with van der Waals surface area (Å²) in [6.45, 7) is 0. The molecule has 0 saturated heterocycles. The van der Waals surface area contributed by atoms with Crippen molar-refractivity contribution in [2.24, 2.45) is 13.0 Å². The van der Waals surface area contributed by atoms with Gasteiger partial charge >= 0.3 is 5.97 Å². The number of hydrogen-bond acceptors (Lipinski definition) is 4. The minimum atomic E-state index is -0.907. The van der Waals surface area contributed by atoms with Crippen molar-refractivity contribution in [1.82, 2.24) is 15.1 Å². The van der Waals surface area contributed by atoms with Gasteiger partial charge in [-0.3, -0.25) is 9.59 Å². The SMILES string of the molecule is COc1cc(C(=O)NC(CC(=O)O)C2CC2)nn1C. The average Bonchev–Trinajstić information content (AvgIpc) is 3.11. The lowest BCUT2D eigenvalue weighted by atomic mass is 10.1. The third-order valence-electron chi connectivity index (χ3n) is 3.18. The fourth-order valence-corrected chi connectivity index (χ4v) is 2.02. The molecule has 7 nitrogen and oxygen atoms in total. The molecule has 1 aromatic heterocycles. The predicted molar refractivity (Wildman–Crippen MR) is 66.0 cm³/mol. The summed E-state index contributed by atoms with van der Waals surface area (Å²) in [5, 5.41) is 15.6. The Bertz CT molecular complexity index is 493. The summed E-state index contributed by atoms with van der Waals surface area (Å²) in [4.78, 5) is 22.8. The third-order valence-corrected chi connectivity index (χ3v) is 3.18. The van der Waals surface area contributed by atoms with Gasteiger partial charge in [0.25, 0.3) is 5.91 Å². The van der Waals surface area contributed by atoms with Crippen molar-refractivity contribution in [1.29, 1.82) is 0 Å². The smallest absolute Gasteiger partial charge is 0.305 e. The summed E-state index contributed by atoms with van der Waals surface area (Å²) in [6, 6.07) is 1.21. The number of hydrogen-bond donors (Lipinski definition) is 2. The van der Waals surface area contributed by atoms with Crippen LogP contribution in [0.1, 0.15) is 29.8 Å². The lowest BCUT2D eigenvalue weighted by Gasteiger charge is -2.14. The van der Waals surface area contributed by atoms with Gasteiger partial charge in [0.05, 0.1) is 13.5 Å². The van der Waals surface area contributed by atoms with Gasteiger partial charge in [0, 0.05) is 19.2 Å². The van der Waals surface area contributed by atoms with Crippen LogP contribution in [0, 0.1) is 5.92 Å². The van der Waals surface area contributed by atoms with Crippen molar-refractivity contribution < 1.29 is 19.4 Å². The van der Waals surface area contributed by atoms with E-state index in [0.717, 1.165) is 12.8 Å².